The summed E-state index contributed by atoms with van der Waals surface area (Å²) in [5, 5.41) is 11.1. The molecule has 8 nitrogen and oxygen atoms in total. The molecule has 2 aromatic rings. The van der Waals surface area contributed by atoms with Crippen molar-refractivity contribution in [2.75, 3.05) is 17.2 Å². The maximum absolute atomic E-state index is 6.72. The molecule has 0 spiro atoms. The first-order valence-electron chi connectivity index (χ1n) is 9.54. The maximum atomic E-state index is 6.72. The van der Waals surface area contributed by atoms with E-state index < -0.39 is 5.79 Å². The average molecular weight is 369 g/mol. The van der Waals surface area contributed by atoms with Crippen LogP contribution in [-0.4, -0.2) is 34.2 Å². The molecule has 1 aliphatic carbocycles. The first-order chi connectivity index (χ1) is 13.1. The summed E-state index contributed by atoms with van der Waals surface area (Å²) in [6.45, 7) is 2.61. The molecule has 0 radical (unpaired) electrons. The van der Waals surface area contributed by atoms with Gasteiger partial charge in [-0.2, -0.15) is 9.78 Å². The number of nitrogens with one attached hydrogen (secondary N) is 2. The molecular formula is C19H27N7O. The highest BCUT2D eigenvalue weighted by atomic mass is 16.5. The lowest BCUT2D eigenvalue weighted by atomic mass is 9.82. The van der Waals surface area contributed by atoms with E-state index in [-0.39, 0.29) is 12.0 Å². The first kappa shape index (κ1) is 17.8. The van der Waals surface area contributed by atoms with Crippen LogP contribution in [0.15, 0.2) is 41.5 Å². The Labute approximate surface area is 159 Å². The summed E-state index contributed by atoms with van der Waals surface area (Å²) < 4.78 is 7.23. The van der Waals surface area contributed by atoms with Crippen LogP contribution < -0.4 is 26.8 Å². The van der Waals surface area contributed by atoms with E-state index in [1.165, 1.54) is 0 Å². The Morgan fingerprint density at radius 3 is 2.67 bits per heavy atom. The van der Waals surface area contributed by atoms with Crippen LogP contribution >= 0.6 is 0 Å². The monoisotopic (exact) mass is 369 g/mol. The van der Waals surface area contributed by atoms with Gasteiger partial charge >= 0.3 is 0 Å². The minimum Gasteiger partial charge on any atom is -0.494 e. The normalized spacial score (nSPS) is 27.3. The van der Waals surface area contributed by atoms with Gasteiger partial charge in [0, 0.05) is 23.7 Å². The highest BCUT2D eigenvalue weighted by Gasteiger charge is 2.40. The highest BCUT2D eigenvalue weighted by Crippen LogP contribution is 2.34. The SMILES string of the molecule is CCOc1ccc(NC2=NC(N)(C3CCC(N)CC3)Nc3ccnn32)cc1. The molecule has 1 aromatic carbocycles. The number of ether oxygens (including phenoxy) is 1. The summed E-state index contributed by atoms with van der Waals surface area (Å²) in [5.74, 6) is 1.62. The standard InChI is InChI=1S/C19H27N7O/c1-2-27-16-9-7-15(8-10-16)23-18-25-19(21,13-3-5-14(20)6-4-13)24-17-11-12-22-26(17)18/h7-14,24H,2-6,20-21H2,1H3,(H,23,25). The van der Waals surface area contributed by atoms with Crippen LogP contribution in [-0.2, 0) is 0 Å². The number of rotatable bonds is 4. The molecule has 1 saturated carbocycles. The minimum atomic E-state index is -0.871. The Hall–Kier alpha value is -2.58. The average Bonchev–Trinajstić information content (AvgIpc) is 3.12. The molecule has 0 saturated heterocycles. The van der Waals surface area contributed by atoms with Crippen LogP contribution in [0.2, 0.25) is 0 Å². The molecule has 2 heterocycles. The third kappa shape index (κ3) is 3.63. The van der Waals surface area contributed by atoms with Gasteiger partial charge in [-0.1, -0.05) is 0 Å². The maximum Gasteiger partial charge on any atom is 0.229 e. The van der Waals surface area contributed by atoms with Gasteiger partial charge in [-0.15, -0.1) is 0 Å². The molecule has 1 aliphatic heterocycles. The summed E-state index contributed by atoms with van der Waals surface area (Å²) in [6, 6.07) is 9.94. The van der Waals surface area contributed by atoms with Crippen molar-refractivity contribution >= 4 is 17.5 Å². The van der Waals surface area contributed by atoms with Crippen molar-refractivity contribution in [1.82, 2.24) is 9.78 Å². The predicted molar refractivity (Wildman–Crippen MR) is 107 cm³/mol. The van der Waals surface area contributed by atoms with Gasteiger partial charge in [-0.05, 0) is 56.9 Å². The van der Waals surface area contributed by atoms with E-state index in [0.717, 1.165) is 42.9 Å². The number of hydrogen-bond donors (Lipinski definition) is 4. The molecule has 6 N–H and O–H groups in total. The Morgan fingerprint density at radius 1 is 1.22 bits per heavy atom. The molecule has 1 fully saturated rings. The summed E-state index contributed by atoms with van der Waals surface area (Å²) in [4.78, 5) is 4.83. The molecule has 2 aliphatic rings. The number of fused-ring (bicyclic) bond motifs is 1. The molecule has 1 atom stereocenters. The van der Waals surface area contributed by atoms with Gasteiger partial charge < -0.3 is 21.1 Å². The fourth-order valence-corrected chi connectivity index (χ4v) is 3.79. The van der Waals surface area contributed by atoms with Crippen molar-refractivity contribution in [2.45, 2.75) is 44.4 Å². The van der Waals surface area contributed by atoms with E-state index in [1.807, 2.05) is 37.3 Å². The second-order valence-corrected chi connectivity index (χ2v) is 7.21. The van der Waals surface area contributed by atoms with Crippen LogP contribution in [0.5, 0.6) is 5.75 Å². The lowest BCUT2D eigenvalue weighted by Gasteiger charge is -2.41. The zero-order valence-corrected chi connectivity index (χ0v) is 15.6. The molecule has 144 valence electrons. The quantitative estimate of drug-likeness (QED) is 0.656. The van der Waals surface area contributed by atoms with Gasteiger partial charge in [0.15, 0.2) is 5.79 Å². The lowest BCUT2D eigenvalue weighted by Crippen LogP contribution is -2.57. The van der Waals surface area contributed by atoms with E-state index in [1.54, 1.807) is 10.9 Å². The van der Waals surface area contributed by atoms with Crippen molar-refractivity contribution in [3.8, 4) is 5.75 Å². The third-order valence-electron chi connectivity index (χ3n) is 5.28. The second kappa shape index (κ2) is 7.21. The van der Waals surface area contributed by atoms with Crippen LogP contribution in [0.3, 0.4) is 0 Å². The van der Waals surface area contributed by atoms with Crippen molar-refractivity contribution in [1.29, 1.82) is 0 Å². The molecule has 1 aromatic heterocycles. The fourth-order valence-electron chi connectivity index (χ4n) is 3.79. The van der Waals surface area contributed by atoms with Crippen LogP contribution in [0.25, 0.3) is 0 Å². The van der Waals surface area contributed by atoms with Gasteiger partial charge in [0.2, 0.25) is 5.96 Å². The molecule has 8 heteroatoms. The molecule has 0 bridgehead atoms. The zero-order chi connectivity index (χ0) is 18.9. The number of nitrogens with zero attached hydrogens (tertiary/aromatic N) is 3. The number of aliphatic imine (C=N–C) groups is 1. The van der Waals surface area contributed by atoms with Gasteiger partial charge in [-0.3, -0.25) is 5.73 Å². The largest absolute Gasteiger partial charge is 0.494 e. The topological polar surface area (TPSA) is 116 Å². The number of anilines is 2. The second-order valence-electron chi connectivity index (χ2n) is 7.21. The lowest BCUT2D eigenvalue weighted by molar-refractivity contribution is 0.221. The Balaban J connectivity index is 1.59. The smallest absolute Gasteiger partial charge is 0.229 e. The first-order valence-corrected chi connectivity index (χ1v) is 9.54. The summed E-state index contributed by atoms with van der Waals surface area (Å²) >= 11 is 0. The van der Waals surface area contributed by atoms with E-state index in [4.69, 9.17) is 21.2 Å². The minimum absolute atomic E-state index is 0.220. The molecule has 1 unspecified atom stereocenters. The zero-order valence-electron chi connectivity index (χ0n) is 15.6. The van der Waals surface area contributed by atoms with Crippen molar-refractivity contribution in [3.63, 3.8) is 0 Å². The Kier molecular flexibility index (Phi) is 4.75. The van der Waals surface area contributed by atoms with E-state index >= 15 is 0 Å². The third-order valence-corrected chi connectivity index (χ3v) is 5.28. The van der Waals surface area contributed by atoms with Crippen molar-refractivity contribution < 1.29 is 4.74 Å². The van der Waals surface area contributed by atoms with Gasteiger partial charge in [0.05, 0.1) is 12.8 Å². The summed E-state index contributed by atoms with van der Waals surface area (Å²) in [6.07, 6.45) is 5.60. The van der Waals surface area contributed by atoms with Gasteiger partial charge in [0.25, 0.3) is 0 Å². The summed E-state index contributed by atoms with van der Waals surface area (Å²) in [7, 11) is 0. The Bertz CT molecular complexity index is 808. The van der Waals surface area contributed by atoms with Crippen LogP contribution in [0.4, 0.5) is 11.5 Å². The van der Waals surface area contributed by atoms with Crippen molar-refractivity contribution in [2.24, 2.45) is 22.4 Å². The number of benzene rings is 1. The fraction of sp³-hybridized carbons (Fsp3) is 0.474. The Morgan fingerprint density at radius 2 is 1.96 bits per heavy atom. The van der Waals surface area contributed by atoms with Crippen molar-refractivity contribution in [3.05, 3.63) is 36.5 Å². The van der Waals surface area contributed by atoms with E-state index in [0.29, 0.717) is 12.6 Å². The number of hydrogen-bond acceptors (Lipinski definition) is 7. The van der Waals surface area contributed by atoms with Gasteiger partial charge in [-0.25, -0.2) is 4.99 Å². The molecule has 4 rings (SSSR count). The van der Waals surface area contributed by atoms with E-state index in [9.17, 15) is 0 Å². The van der Waals surface area contributed by atoms with Crippen LogP contribution in [0.1, 0.15) is 32.6 Å². The number of aromatic nitrogens is 2. The molecule has 27 heavy (non-hydrogen) atoms. The molecular weight excluding hydrogens is 342 g/mol. The molecule has 0 amide bonds. The highest BCUT2D eigenvalue weighted by molar-refractivity contribution is 5.98. The number of nitrogens with two attached hydrogens (primary N) is 2. The van der Waals surface area contributed by atoms with Crippen LogP contribution in [0, 0.1) is 5.92 Å². The summed E-state index contributed by atoms with van der Waals surface area (Å²) in [5.41, 5.74) is 13.7. The van der Waals surface area contributed by atoms with E-state index in [2.05, 4.69) is 15.7 Å². The van der Waals surface area contributed by atoms with Gasteiger partial charge in [0.1, 0.15) is 11.6 Å². The predicted octanol–water partition coefficient (Wildman–Crippen LogP) is 2.15.